The van der Waals surface area contributed by atoms with Crippen molar-refractivity contribution in [1.29, 1.82) is 0 Å². The first-order valence-corrected chi connectivity index (χ1v) is 7.60. The van der Waals surface area contributed by atoms with Gasteiger partial charge in [-0.3, -0.25) is 9.52 Å². The first kappa shape index (κ1) is 14.5. The molecule has 9 heteroatoms. The van der Waals surface area contributed by atoms with Crippen molar-refractivity contribution in [1.82, 2.24) is 4.98 Å². The summed E-state index contributed by atoms with van der Waals surface area (Å²) >= 11 is 0.991. The Bertz CT molecular complexity index is 758. The number of carbonyl (C=O) groups is 1. The van der Waals surface area contributed by atoms with E-state index >= 15 is 0 Å². The average molecular weight is 318 g/mol. The highest BCUT2D eigenvalue weighted by molar-refractivity contribution is 7.93. The highest BCUT2D eigenvalue weighted by atomic mass is 32.2. The van der Waals surface area contributed by atoms with Crippen LogP contribution in [0.25, 0.3) is 0 Å². The number of rotatable bonds is 4. The molecule has 0 fully saturated rings. The fourth-order valence-corrected chi connectivity index (χ4v) is 3.31. The Labute approximate surface area is 117 Å². The summed E-state index contributed by atoms with van der Waals surface area (Å²) in [6.45, 7) is 1.06. The van der Waals surface area contributed by atoms with E-state index in [1.807, 2.05) is 4.72 Å². The van der Waals surface area contributed by atoms with E-state index in [2.05, 4.69) is 4.98 Å². The standard InChI is InChI=1S/C11H8F2N2O3S2/c1-6(16)7-4-9(13)10(5-8(7)12)20(17,18)15-11-14-2-3-19-11/h2-5H,1H3,(H,14,15). The molecule has 0 aliphatic heterocycles. The first-order chi connectivity index (χ1) is 9.31. The highest BCUT2D eigenvalue weighted by Gasteiger charge is 2.23. The van der Waals surface area contributed by atoms with Crippen LogP contribution < -0.4 is 4.72 Å². The van der Waals surface area contributed by atoms with Crippen LogP contribution in [0.2, 0.25) is 0 Å². The van der Waals surface area contributed by atoms with Crippen molar-refractivity contribution in [2.24, 2.45) is 0 Å². The van der Waals surface area contributed by atoms with E-state index in [0.29, 0.717) is 12.1 Å². The lowest BCUT2D eigenvalue weighted by atomic mass is 10.1. The van der Waals surface area contributed by atoms with Gasteiger partial charge in [0, 0.05) is 11.6 Å². The Morgan fingerprint density at radius 1 is 1.30 bits per heavy atom. The quantitative estimate of drug-likeness (QED) is 0.878. The zero-order valence-corrected chi connectivity index (χ0v) is 11.7. The van der Waals surface area contributed by atoms with Crippen LogP contribution in [0.3, 0.4) is 0 Å². The van der Waals surface area contributed by atoms with Gasteiger partial charge in [-0.2, -0.15) is 0 Å². The van der Waals surface area contributed by atoms with E-state index in [-0.39, 0.29) is 5.13 Å². The van der Waals surface area contributed by atoms with Gasteiger partial charge >= 0.3 is 0 Å². The summed E-state index contributed by atoms with van der Waals surface area (Å²) in [5.74, 6) is -3.00. The molecule has 0 aliphatic rings. The molecule has 0 amide bonds. The number of nitrogens with one attached hydrogen (secondary N) is 1. The average Bonchev–Trinajstić information content (AvgIpc) is 2.83. The van der Waals surface area contributed by atoms with Gasteiger partial charge in [-0.15, -0.1) is 11.3 Å². The molecule has 0 unspecified atom stereocenters. The number of nitrogens with zero attached hydrogens (tertiary/aromatic N) is 1. The summed E-state index contributed by atoms with van der Waals surface area (Å²) in [5, 5.41) is 1.55. The molecule has 0 spiro atoms. The molecule has 0 radical (unpaired) electrons. The van der Waals surface area contributed by atoms with Gasteiger partial charge in [0.1, 0.15) is 16.5 Å². The number of anilines is 1. The largest absolute Gasteiger partial charge is 0.294 e. The number of hydrogen-bond acceptors (Lipinski definition) is 5. The lowest BCUT2D eigenvalue weighted by molar-refractivity contribution is 0.101. The van der Waals surface area contributed by atoms with Gasteiger partial charge in [0.05, 0.1) is 5.56 Å². The van der Waals surface area contributed by atoms with Crippen molar-refractivity contribution in [2.45, 2.75) is 11.8 Å². The van der Waals surface area contributed by atoms with Gasteiger partial charge < -0.3 is 0 Å². The molecule has 1 heterocycles. The molecule has 20 heavy (non-hydrogen) atoms. The zero-order valence-electron chi connectivity index (χ0n) is 10.1. The predicted molar refractivity (Wildman–Crippen MR) is 69.3 cm³/mol. The Hall–Kier alpha value is -1.87. The van der Waals surface area contributed by atoms with Gasteiger partial charge in [-0.1, -0.05) is 0 Å². The van der Waals surface area contributed by atoms with Crippen LogP contribution in [0.15, 0.2) is 28.6 Å². The number of Topliss-reactive ketones (excluding diaryl/α,β-unsaturated/α-hetero) is 1. The fraction of sp³-hybridized carbons (Fsp3) is 0.0909. The molecule has 5 nitrogen and oxygen atoms in total. The van der Waals surface area contributed by atoms with Gasteiger partial charge in [0.25, 0.3) is 10.0 Å². The number of hydrogen-bond donors (Lipinski definition) is 1. The van der Waals surface area contributed by atoms with Gasteiger partial charge in [-0.05, 0) is 19.1 Å². The summed E-state index contributed by atoms with van der Waals surface area (Å²) < 4.78 is 53.2. The molecule has 1 N–H and O–H groups in total. The topological polar surface area (TPSA) is 76.1 Å². The summed E-state index contributed by atoms with van der Waals surface area (Å²) in [5.41, 5.74) is -0.504. The number of carbonyl (C=O) groups excluding carboxylic acids is 1. The van der Waals surface area contributed by atoms with Crippen LogP contribution in [-0.4, -0.2) is 19.2 Å². The predicted octanol–water partition coefficient (Wildman–Crippen LogP) is 2.42. The summed E-state index contributed by atoms with van der Waals surface area (Å²) in [6, 6.07) is 1.04. The number of thiazole rings is 1. The zero-order chi connectivity index (χ0) is 14.9. The molecule has 0 atom stereocenters. The van der Waals surface area contributed by atoms with Crippen LogP contribution in [0.1, 0.15) is 17.3 Å². The van der Waals surface area contributed by atoms with Crippen LogP contribution in [0.4, 0.5) is 13.9 Å². The second-order valence-corrected chi connectivity index (χ2v) is 6.31. The minimum atomic E-state index is -4.31. The molecule has 1 aromatic heterocycles. The van der Waals surface area contributed by atoms with Gasteiger partial charge in [0.15, 0.2) is 10.9 Å². The van der Waals surface area contributed by atoms with E-state index in [9.17, 15) is 22.0 Å². The number of ketones is 1. The van der Waals surface area contributed by atoms with Crippen LogP contribution in [0, 0.1) is 11.6 Å². The number of halogens is 2. The van der Waals surface area contributed by atoms with E-state index in [0.717, 1.165) is 18.3 Å². The molecule has 1 aromatic carbocycles. The monoisotopic (exact) mass is 318 g/mol. The third-order valence-electron chi connectivity index (χ3n) is 2.34. The Morgan fingerprint density at radius 3 is 2.55 bits per heavy atom. The van der Waals surface area contributed by atoms with Crippen molar-refractivity contribution in [3.05, 3.63) is 40.9 Å². The highest BCUT2D eigenvalue weighted by Crippen LogP contribution is 2.23. The van der Waals surface area contributed by atoms with Crippen LogP contribution >= 0.6 is 11.3 Å². The molecule has 0 aliphatic carbocycles. The van der Waals surface area contributed by atoms with E-state index in [1.54, 1.807) is 0 Å². The lowest BCUT2D eigenvalue weighted by Crippen LogP contribution is -2.15. The second kappa shape index (κ2) is 5.25. The second-order valence-electron chi connectivity index (χ2n) is 3.76. The number of benzene rings is 1. The molecule has 2 aromatic rings. The molecule has 2 rings (SSSR count). The molecular weight excluding hydrogens is 310 g/mol. The smallest absolute Gasteiger partial charge is 0.266 e. The van der Waals surface area contributed by atoms with Crippen molar-refractivity contribution in [3.63, 3.8) is 0 Å². The molecule has 0 saturated heterocycles. The summed E-state index contributed by atoms with van der Waals surface area (Å²) in [6.07, 6.45) is 1.36. The first-order valence-electron chi connectivity index (χ1n) is 5.23. The van der Waals surface area contributed by atoms with E-state index in [1.165, 1.54) is 11.6 Å². The number of aromatic nitrogens is 1. The fourth-order valence-electron chi connectivity index (χ4n) is 1.45. The molecule has 106 valence electrons. The maximum absolute atomic E-state index is 13.8. The third kappa shape index (κ3) is 2.83. The molecular formula is C11H8F2N2O3S2. The van der Waals surface area contributed by atoms with E-state index < -0.39 is 37.9 Å². The number of sulfonamides is 1. The van der Waals surface area contributed by atoms with Gasteiger partial charge in [0.2, 0.25) is 0 Å². The lowest BCUT2D eigenvalue weighted by Gasteiger charge is -2.08. The minimum absolute atomic E-state index is 0.0282. The van der Waals surface area contributed by atoms with Crippen molar-refractivity contribution in [3.8, 4) is 0 Å². The summed E-state index contributed by atoms with van der Waals surface area (Å²) in [7, 11) is -4.31. The van der Waals surface area contributed by atoms with Crippen molar-refractivity contribution in [2.75, 3.05) is 4.72 Å². The van der Waals surface area contributed by atoms with Crippen LogP contribution in [0.5, 0.6) is 0 Å². The van der Waals surface area contributed by atoms with Crippen LogP contribution in [-0.2, 0) is 10.0 Å². The van der Waals surface area contributed by atoms with Crippen molar-refractivity contribution < 1.29 is 22.0 Å². The molecule has 0 bridgehead atoms. The normalized spacial score (nSPS) is 11.3. The SMILES string of the molecule is CC(=O)c1cc(F)c(S(=O)(=O)Nc2nccs2)cc1F. The Balaban J connectivity index is 2.47. The minimum Gasteiger partial charge on any atom is -0.294 e. The Kier molecular flexibility index (Phi) is 3.82. The summed E-state index contributed by atoms with van der Waals surface area (Å²) in [4.78, 5) is 13.9. The third-order valence-corrected chi connectivity index (χ3v) is 4.52. The van der Waals surface area contributed by atoms with Gasteiger partial charge in [-0.25, -0.2) is 22.2 Å². The maximum Gasteiger partial charge on any atom is 0.266 e. The molecule has 0 saturated carbocycles. The Morgan fingerprint density at radius 2 is 2.00 bits per heavy atom. The van der Waals surface area contributed by atoms with E-state index in [4.69, 9.17) is 0 Å². The maximum atomic E-state index is 13.8. The van der Waals surface area contributed by atoms with Crippen molar-refractivity contribution >= 4 is 32.3 Å².